The second kappa shape index (κ2) is 5.44. The van der Waals surface area contributed by atoms with Gasteiger partial charge in [0.2, 0.25) is 5.91 Å². The number of amides is 1. The van der Waals surface area contributed by atoms with E-state index in [9.17, 15) is 4.79 Å². The number of carbonyl (C=O) groups is 1. The van der Waals surface area contributed by atoms with E-state index in [1.54, 1.807) is 29.0 Å². The Bertz CT molecular complexity index is 708. The van der Waals surface area contributed by atoms with Crippen LogP contribution in [0.15, 0.2) is 59.4 Å². The Morgan fingerprint density at radius 2 is 2.30 bits per heavy atom. The quantitative estimate of drug-likeness (QED) is 0.738. The summed E-state index contributed by atoms with van der Waals surface area (Å²) < 4.78 is 6.88. The molecule has 5 nitrogen and oxygen atoms in total. The van der Waals surface area contributed by atoms with E-state index >= 15 is 0 Å². The summed E-state index contributed by atoms with van der Waals surface area (Å²) in [4.78, 5) is 11.7. The number of aromatic nitrogens is 2. The Morgan fingerprint density at radius 3 is 3.10 bits per heavy atom. The number of fused-ring (bicyclic) bond motifs is 1. The molecule has 0 radical (unpaired) electrons. The second-order valence-electron chi connectivity index (χ2n) is 4.27. The van der Waals surface area contributed by atoms with E-state index in [0.717, 1.165) is 11.2 Å². The van der Waals surface area contributed by atoms with E-state index in [2.05, 4.69) is 10.4 Å². The van der Waals surface area contributed by atoms with Crippen molar-refractivity contribution in [2.24, 2.45) is 0 Å². The zero-order valence-electron chi connectivity index (χ0n) is 10.7. The Morgan fingerprint density at radius 1 is 1.35 bits per heavy atom. The predicted molar refractivity (Wildman–Crippen MR) is 74.8 cm³/mol. The normalized spacial score (nSPS) is 11.2. The Kier molecular flexibility index (Phi) is 3.33. The van der Waals surface area contributed by atoms with Crippen molar-refractivity contribution in [2.75, 3.05) is 0 Å². The number of nitrogens with zero attached hydrogens (tertiary/aromatic N) is 2. The molecular formula is C15H13N3O2. The first kappa shape index (κ1) is 12.2. The van der Waals surface area contributed by atoms with Crippen molar-refractivity contribution < 1.29 is 9.21 Å². The minimum Gasteiger partial charge on any atom is -0.465 e. The van der Waals surface area contributed by atoms with Crippen molar-refractivity contribution in [3.05, 3.63) is 66.4 Å². The van der Waals surface area contributed by atoms with Crippen LogP contribution in [0.3, 0.4) is 0 Å². The number of hydrogen-bond donors (Lipinski definition) is 1. The van der Waals surface area contributed by atoms with E-state index < -0.39 is 0 Å². The predicted octanol–water partition coefficient (Wildman–Crippen LogP) is 2.26. The van der Waals surface area contributed by atoms with Gasteiger partial charge in [0.05, 0.1) is 24.0 Å². The van der Waals surface area contributed by atoms with Crippen LogP contribution in [0, 0.1) is 0 Å². The van der Waals surface area contributed by atoms with E-state index in [-0.39, 0.29) is 5.91 Å². The molecular weight excluding hydrogens is 254 g/mol. The van der Waals surface area contributed by atoms with Gasteiger partial charge in [0.25, 0.3) is 0 Å². The monoisotopic (exact) mass is 267 g/mol. The first-order valence-electron chi connectivity index (χ1n) is 6.24. The summed E-state index contributed by atoms with van der Waals surface area (Å²) in [5, 5.41) is 7.13. The van der Waals surface area contributed by atoms with Gasteiger partial charge in [-0.1, -0.05) is 6.07 Å². The van der Waals surface area contributed by atoms with E-state index in [1.807, 2.05) is 30.5 Å². The molecule has 1 N–H and O–H groups in total. The lowest BCUT2D eigenvalue weighted by Crippen LogP contribution is -2.20. The van der Waals surface area contributed by atoms with Crippen molar-refractivity contribution in [3.63, 3.8) is 0 Å². The van der Waals surface area contributed by atoms with Gasteiger partial charge in [-0.2, -0.15) is 5.10 Å². The van der Waals surface area contributed by atoms with Crippen molar-refractivity contribution >= 4 is 17.5 Å². The lowest BCUT2D eigenvalue weighted by atomic mass is 10.3. The van der Waals surface area contributed by atoms with Crippen molar-refractivity contribution in [1.29, 1.82) is 0 Å². The summed E-state index contributed by atoms with van der Waals surface area (Å²) in [6.45, 7) is 0.392. The molecule has 0 fully saturated rings. The van der Waals surface area contributed by atoms with Gasteiger partial charge in [0, 0.05) is 12.3 Å². The lowest BCUT2D eigenvalue weighted by Gasteiger charge is -1.97. The SMILES string of the molecule is O=C(C=Cc1ccco1)NCc1cc2ccccn2n1. The van der Waals surface area contributed by atoms with Gasteiger partial charge in [-0.05, 0) is 36.4 Å². The molecule has 3 heterocycles. The largest absolute Gasteiger partial charge is 0.465 e. The fraction of sp³-hybridized carbons (Fsp3) is 0.0667. The summed E-state index contributed by atoms with van der Waals surface area (Å²) >= 11 is 0. The number of rotatable bonds is 4. The third-order valence-electron chi connectivity index (χ3n) is 2.81. The summed E-state index contributed by atoms with van der Waals surface area (Å²) in [6.07, 6.45) is 6.50. The molecule has 0 aromatic carbocycles. The van der Waals surface area contributed by atoms with E-state index in [1.165, 1.54) is 6.08 Å². The van der Waals surface area contributed by atoms with Crippen LogP contribution in [0.25, 0.3) is 11.6 Å². The molecule has 0 saturated carbocycles. The van der Waals surface area contributed by atoms with Crippen LogP contribution in [0.4, 0.5) is 0 Å². The molecule has 0 unspecified atom stereocenters. The number of carbonyl (C=O) groups excluding carboxylic acids is 1. The maximum Gasteiger partial charge on any atom is 0.244 e. The van der Waals surface area contributed by atoms with Crippen LogP contribution in [0.2, 0.25) is 0 Å². The minimum atomic E-state index is -0.182. The Hall–Kier alpha value is -2.82. The van der Waals surface area contributed by atoms with Gasteiger partial charge < -0.3 is 9.73 Å². The molecule has 0 bridgehead atoms. The van der Waals surface area contributed by atoms with Crippen LogP contribution in [-0.4, -0.2) is 15.5 Å². The van der Waals surface area contributed by atoms with E-state index in [4.69, 9.17) is 4.42 Å². The van der Waals surface area contributed by atoms with Crippen molar-refractivity contribution in [1.82, 2.24) is 14.9 Å². The summed E-state index contributed by atoms with van der Waals surface area (Å²) in [6, 6.07) is 11.3. The molecule has 100 valence electrons. The molecule has 5 heteroatoms. The molecule has 3 aromatic rings. The second-order valence-corrected chi connectivity index (χ2v) is 4.27. The van der Waals surface area contributed by atoms with Gasteiger partial charge in [0.15, 0.2) is 0 Å². The third-order valence-corrected chi connectivity index (χ3v) is 2.81. The molecule has 0 aliphatic heterocycles. The average Bonchev–Trinajstić information content (AvgIpc) is 3.11. The fourth-order valence-electron chi connectivity index (χ4n) is 1.86. The summed E-state index contributed by atoms with van der Waals surface area (Å²) in [7, 11) is 0. The summed E-state index contributed by atoms with van der Waals surface area (Å²) in [5.41, 5.74) is 1.82. The molecule has 0 atom stereocenters. The minimum absolute atomic E-state index is 0.182. The number of pyridine rings is 1. The molecule has 0 aliphatic rings. The number of hydrogen-bond acceptors (Lipinski definition) is 3. The molecule has 20 heavy (non-hydrogen) atoms. The van der Waals surface area contributed by atoms with Crippen LogP contribution in [0.1, 0.15) is 11.5 Å². The molecule has 0 aliphatic carbocycles. The van der Waals surface area contributed by atoms with E-state index in [0.29, 0.717) is 12.3 Å². The fourth-order valence-corrected chi connectivity index (χ4v) is 1.86. The molecule has 3 rings (SSSR count). The first-order chi connectivity index (χ1) is 9.81. The Balaban J connectivity index is 1.60. The maximum atomic E-state index is 11.7. The first-order valence-corrected chi connectivity index (χ1v) is 6.24. The van der Waals surface area contributed by atoms with Gasteiger partial charge in [0.1, 0.15) is 5.76 Å². The Labute approximate surface area is 115 Å². The molecule has 0 spiro atoms. The number of furan rings is 1. The van der Waals surface area contributed by atoms with Gasteiger partial charge in [-0.3, -0.25) is 4.79 Å². The topological polar surface area (TPSA) is 59.5 Å². The average molecular weight is 267 g/mol. The highest BCUT2D eigenvalue weighted by atomic mass is 16.3. The van der Waals surface area contributed by atoms with Crippen LogP contribution in [0.5, 0.6) is 0 Å². The number of nitrogens with one attached hydrogen (secondary N) is 1. The van der Waals surface area contributed by atoms with Gasteiger partial charge in [-0.15, -0.1) is 0 Å². The van der Waals surface area contributed by atoms with Crippen molar-refractivity contribution in [2.45, 2.75) is 6.54 Å². The van der Waals surface area contributed by atoms with Crippen molar-refractivity contribution in [3.8, 4) is 0 Å². The van der Waals surface area contributed by atoms with Gasteiger partial charge >= 0.3 is 0 Å². The maximum absolute atomic E-state index is 11.7. The smallest absolute Gasteiger partial charge is 0.244 e. The highest BCUT2D eigenvalue weighted by Crippen LogP contribution is 2.05. The van der Waals surface area contributed by atoms with Crippen LogP contribution >= 0.6 is 0 Å². The molecule has 0 saturated heterocycles. The highest BCUT2D eigenvalue weighted by molar-refractivity contribution is 5.91. The highest BCUT2D eigenvalue weighted by Gasteiger charge is 2.02. The van der Waals surface area contributed by atoms with Crippen LogP contribution in [-0.2, 0) is 11.3 Å². The third kappa shape index (κ3) is 2.77. The van der Waals surface area contributed by atoms with Crippen LogP contribution < -0.4 is 5.32 Å². The zero-order chi connectivity index (χ0) is 13.8. The zero-order valence-corrected chi connectivity index (χ0v) is 10.7. The van der Waals surface area contributed by atoms with Gasteiger partial charge in [-0.25, -0.2) is 4.52 Å². The lowest BCUT2D eigenvalue weighted by molar-refractivity contribution is -0.116. The standard InChI is InChI=1S/C15H13N3O2/c19-15(7-6-14-5-3-9-20-14)16-11-12-10-13-4-1-2-8-18(13)17-12/h1-10H,11H2,(H,16,19). The molecule has 3 aromatic heterocycles. The summed E-state index contributed by atoms with van der Waals surface area (Å²) in [5.74, 6) is 0.464. The molecule has 1 amide bonds.